The molecule has 0 bridgehead atoms. The van der Waals surface area contributed by atoms with E-state index in [9.17, 15) is 9.59 Å². The van der Waals surface area contributed by atoms with Crippen LogP contribution in [0.1, 0.15) is 39.6 Å². The number of amides is 2. The van der Waals surface area contributed by atoms with E-state index < -0.39 is 17.9 Å². The zero-order valence-corrected chi connectivity index (χ0v) is 24.7. The molecule has 0 aliphatic carbocycles. The lowest BCUT2D eigenvalue weighted by Gasteiger charge is -2.28. The van der Waals surface area contributed by atoms with E-state index in [0.29, 0.717) is 29.5 Å². The van der Waals surface area contributed by atoms with Crippen LogP contribution in [0.25, 0.3) is 16.8 Å². The number of nitrogens with zero attached hydrogens (tertiary/aromatic N) is 2. The Labute approximate surface area is 260 Å². The van der Waals surface area contributed by atoms with E-state index in [0.717, 1.165) is 34.5 Å². The van der Waals surface area contributed by atoms with Crippen molar-refractivity contribution in [2.45, 2.75) is 31.5 Å². The number of nitrogens with one attached hydrogen (secondary N) is 2. The minimum atomic E-state index is -0.890. The summed E-state index contributed by atoms with van der Waals surface area (Å²) in [7, 11) is 0. The summed E-state index contributed by atoms with van der Waals surface area (Å²) in [6, 6.07) is 30.3. The topological polar surface area (TPSA) is 111 Å². The Bertz CT molecular complexity index is 1750. The number of carbonyl (C=O) groups excluding carboxylic acids is 2. The standard InChI is InChI=1S/C35H32ClN5O3/c36-26-13-9-23(10-14-26)19-32(34(37)42)40-35(43)30-8-4-7-29-31(17-18-44-33(29)30)39-21-28-20-38-22-41(28)27-15-11-25(12-16-27)24-5-2-1-3-6-24/h1-16,20,22,31-32,39H,17-19,21H2,(H2,37,42)(H,40,43)/t31?,32-/m0/s1. The number of imidazole rings is 1. The first-order chi connectivity index (χ1) is 21.5. The number of halogens is 1. The van der Waals surface area contributed by atoms with Crippen LogP contribution in [-0.2, 0) is 17.8 Å². The zero-order chi connectivity index (χ0) is 30.5. The van der Waals surface area contributed by atoms with Crippen molar-refractivity contribution < 1.29 is 14.3 Å². The smallest absolute Gasteiger partial charge is 0.255 e. The molecule has 6 rings (SSSR count). The molecular weight excluding hydrogens is 574 g/mol. The van der Waals surface area contributed by atoms with E-state index in [-0.39, 0.29) is 12.5 Å². The van der Waals surface area contributed by atoms with Gasteiger partial charge in [-0.1, -0.05) is 78.3 Å². The normalized spacial score (nSPS) is 14.7. The van der Waals surface area contributed by atoms with E-state index in [1.807, 2.05) is 42.9 Å². The van der Waals surface area contributed by atoms with Crippen LogP contribution in [0.2, 0.25) is 5.02 Å². The Morgan fingerprint density at radius 2 is 1.70 bits per heavy atom. The summed E-state index contributed by atoms with van der Waals surface area (Å²) in [6.07, 6.45) is 4.65. The first-order valence-electron chi connectivity index (χ1n) is 14.5. The highest BCUT2D eigenvalue weighted by molar-refractivity contribution is 6.30. The highest BCUT2D eigenvalue weighted by Crippen LogP contribution is 2.35. The van der Waals surface area contributed by atoms with Gasteiger partial charge in [0.05, 0.1) is 24.2 Å². The van der Waals surface area contributed by atoms with Gasteiger partial charge in [0.2, 0.25) is 5.91 Å². The molecular formula is C35H32ClN5O3. The monoisotopic (exact) mass is 605 g/mol. The number of primary amides is 1. The number of rotatable bonds is 10. The maximum Gasteiger partial charge on any atom is 0.255 e. The Kier molecular flexibility index (Phi) is 8.72. The summed E-state index contributed by atoms with van der Waals surface area (Å²) in [6.45, 7) is 1.00. The van der Waals surface area contributed by atoms with Crippen molar-refractivity contribution >= 4 is 23.4 Å². The first-order valence-corrected chi connectivity index (χ1v) is 14.8. The van der Waals surface area contributed by atoms with E-state index in [1.54, 1.807) is 30.3 Å². The van der Waals surface area contributed by atoms with Gasteiger partial charge in [-0.15, -0.1) is 0 Å². The quantitative estimate of drug-likeness (QED) is 0.191. The summed E-state index contributed by atoms with van der Waals surface area (Å²) < 4.78 is 8.07. The number of fused-ring (bicyclic) bond motifs is 1. The summed E-state index contributed by atoms with van der Waals surface area (Å²) in [5, 5.41) is 7.02. The minimum Gasteiger partial charge on any atom is -0.492 e. The summed E-state index contributed by atoms with van der Waals surface area (Å²) in [5.41, 5.74) is 12.1. The molecule has 0 spiro atoms. The molecule has 44 heavy (non-hydrogen) atoms. The number of hydrogen-bond acceptors (Lipinski definition) is 5. The van der Waals surface area contributed by atoms with Crippen molar-refractivity contribution in [3.8, 4) is 22.6 Å². The van der Waals surface area contributed by atoms with Crippen molar-refractivity contribution in [2.75, 3.05) is 6.61 Å². The molecule has 8 nitrogen and oxygen atoms in total. The second-order valence-electron chi connectivity index (χ2n) is 10.7. The first kappa shape index (κ1) is 29.2. The van der Waals surface area contributed by atoms with Crippen LogP contribution < -0.4 is 21.1 Å². The van der Waals surface area contributed by atoms with Crippen molar-refractivity contribution in [3.63, 3.8) is 0 Å². The number of nitrogens with two attached hydrogens (primary N) is 1. The molecule has 2 heterocycles. The van der Waals surface area contributed by atoms with Crippen LogP contribution in [0.4, 0.5) is 0 Å². The third-order valence-electron chi connectivity index (χ3n) is 7.82. The van der Waals surface area contributed by atoms with Crippen LogP contribution in [0.5, 0.6) is 5.75 Å². The summed E-state index contributed by atoms with van der Waals surface area (Å²) in [5.74, 6) is -0.532. The largest absolute Gasteiger partial charge is 0.492 e. The summed E-state index contributed by atoms with van der Waals surface area (Å²) in [4.78, 5) is 30.0. The number of carbonyl (C=O) groups is 2. The predicted octanol–water partition coefficient (Wildman–Crippen LogP) is 5.63. The van der Waals surface area contributed by atoms with E-state index in [2.05, 4.69) is 56.6 Å². The van der Waals surface area contributed by atoms with Gasteiger partial charge in [-0.25, -0.2) is 4.98 Å². The van der Waals surface area contributed by atoms with Gasteiger partial charge in [0, 0.05) is 47.9 Å². The molecule has 0 saturated carbocycles. The van der Waals surface area contributed by atoms with Crippen molar-refractivity contribution in [1.29, 1.82) is 0 Å². The highest BCUT2D eigenvalue weighted by atomic mass is 35.5. The third kappa shape index (κ3) is 6.51. The fraction of sp³-hybridized carbons (Fsp3) is 0.171. The number of ether oxygens (including phenoxy) is 1. The molecule has 222 valence electrons. The molecule has 1 aromatic heterocycles. The van der Waals surface area contributed by atoms with Crippen LogP contribution in [0.15, 0.2) is 110 Å². The molecule has 1 unspecified atom stereocenters. The number of benzene rings is 4. The fourth-order valence-electron chi connectivity index (χ4n) is 5.49. The van der Waals surface area contributed by atoms with Crippen molar-refractivity contribution in [2.24, 2.45) is 5.73 Å². The van der Waals surface area contributed by atoms with Crippen LogP contribution in [0, 0.1) is 0 Å². The third-order valence-corrected chi connectivity index (χ3v) is 8.07. The molecule has 1 aliphatic rings. The van der Waals surface area contributed by atoms with Gasteiger partial charge in [-0.2, -0.15) is 0 Å². The Morgan fingerprint density at radius 1 is 0.955 bits per heavy atom. The van der Waals surface area contributed by atoms with E-state index in [1.165, 1.54) is 5.56 Å². The van der Waals surface area contributed by atoms with Gasteiger partial charge in [0.1, 0.15) is 11.8 Å². The maximum atomic E-state index is 13.4. The maximum absolute atomic E-state index is 13.4. The van der Waals surface area contributed by atoms with Crippen LogP contribution in [0.3, 0.4) is 0 Å². The molecule has 0 radical (unpaired) electrons. The van der Waals surface area contributed by atoms with Crippen LogP contribution >= 0.6 is 11.6 Å². The lowest BCUT2D eigenvalue weighted by Crippen LogP contribution is -2.46. The molecule has 9 heteroatoms. The lowest BCUT2D eigenvalue weighted by molar-refractivity contribution is -0.119. The average Bonchev–Trinajstić information content (AvgIpc) is 3.53. The van der Waals surface area contributed by atoms with Gasteiger partial charge < -0.3 is 25.7 Å². The average molecular weight is 606 g/mol. The Balaban J connectivity index is 1.15. The van der Waals surface area contributed by atoms with E-state index in [4.69, 9.17) is 22.1 Å². The molecule has 2 atom stereocenters. The van der Waals surface area contributed by atoms with E-state index >= 15 is 0 Å². The zero-order valence-electron chi connectivity index (χ0n) is 23.9. The summed E-state index contributed by atoms with van der Waals surface area (Å²) >= 11 is 5.98. The van der Waals surface area contributed by atoms with Gasteiger partial charge in [-0.3, -0.25) is 9.59 Å². The second-order valence-corrected chi connectivity index (χ2v) is 11.2. The highest BCUT2D eigenvalue weighted by Gasteiger charge is 2.28. The Morgan fingerprint density at radius 3 is 2.45 bits per heavy atom. The molecule has 2 amide bonds. The minimum absolute atomic E-state index is 0.0451. The lowest BCUT2D eigenvalue weighted by atomic mass is 9.96. The fourth-order valence-corrected chi connectivity index (χ4v) is 5.62. The van der Waals surface area contributed by atoms with Crippen LogP contribution in [-0.4, -0.2) is 34.0 Å². The second kappa shape index (κ2) is 13.2. The predicted molar refractivity (Wildman–Crippen MR) is 171 cm³/mol. The van der Waals surface area contributed by atoms with Crippen molar-refractivity contribution in [3.05, 3.63) is 137 Å². The van der Waals surface area contributed by atoms with Gasteiger partial charge in [-0.05, 0) is 47.0 Å². The number of aromatic nitrogens is 2. The molecule has 5 aromatic rings. The molecule has 0 fully saturated rings. The Hall–Kier alpha value is -4.92. The van der Waals surface area contributed by atoms with Gasteiger partial charge in [0.15, 0.2) is 0 Å². The SMILES string of the molecule is NC(=O)[C@H](Cc1ccc(Cl)cc1)NC(=O)c1cccc2c1OCCC2NCc1cncn1-c1ccc(-c2ccccc2)cc1. The number of para-hydroxylation sites is 1. The molecule has 0 saturated heterocycles. The van der Waals surface area contributed by atoms with Gasteiger partial charge in [0.25, 0.3) is 5.91 Å². The van der Waals surface area contributed by atoms with Gasteiger partial charge >= 0.3 is 0 Å². The molecule has 1 aliphatic heterocycles. The molecule has 4 aromatic carbocycles. The number of hydrogen-bond donors (Lipinski definition) is 3. The molecule has 4 N–H and O–H groups in total. The van der Waals surface area contributed by atoms with Crippen molar-refractivity contribution in [1.82, 2.24) is 20.2 Å².